The predicted octanol–water partition coefficient (Wildman–Crippen LogP) is 12.5. The first-order valence-electron chi connectivity index (χ1n) is 21.0. The van der Waals surface area contributed by atoms with Crippen molar-refractivity contribution in [3.8, 4) is 34.4 Å². The number of hydrogen-bond acceptors (Lipinski definition) is 2. The van der Waals surface area contributed by atoms with Gasteiger partial charge < -0.3 is 23.0 Å². The third kappa shape index (κ3) is 6.06. The summed E-state index contributed by atoms with van der Waals surface area (Å²) < 4.78 is 17.7. The normalized spacial score (nSPS) is 12.0. The van der Waals surface area contributed by atoms with E-state index in [1.807, 2.05) is 70.2 Å². The van der Waals surface area contributed by atoms with Gasteiger partial charge in [-0.2, -0.15) is 18.2 Å². The molecule has 0 N–H and O–H groups in total. The van der Waals surface area contributed by atoms with Gasteiger partial charge >= 0.3 is 0 Å². The minimum absolute atomic E-state index is 0. The molecule has 308 valence electrons. The zero-order valence-corrected chi connectivity index (χ0v) is 37.3. The fourth-order valence-electron chi connectivity index (χ4n) is 9.39. The molecule has 0 saturated carbocycles. The average molecular weight is 996 g/mol. The van der Waals surface area contributed by atoms with Crippen LogP contribution in [0.2, 0.25) is 0 Å². The Bertz CT molecular complexity index is 3720. The summed E-state index contributed by atoms with van der Waals surface area (Å²) >= 11 is 0. The van der Waals surface area contributed by atoms with E-state index in [0.29, 0.717) is 11.5 Å². The van der Waals surface area contributed by atoms with Crippen LogP contribution in [0.1, 0.15) is 26.3 Å². The SMILES string of the molecule is Cn1c2ccccc2c2c3c4ccccc4n(-c4ccccc4)c3c3c4ccc(Oc5[c-]c(-[n+]6[c-]n(-c7ccccc7)cc6)ccc5)[c-]c4n(-c4cc(C(C)(C)C)ccn4)c3c21.[Pt]. The largest absolute Gasteiger partial charge is 0.510 e. The van der Waals surface area contributed by atoms with Gasteiger partial charge in [0.25, 0.3) is 6.33 Å². The molecular formula is C55H40N6OPt-2. The Balaban J connectivity index is 0.00000444. The second kappa shape index (κ2) is 14.7. The van der Waals surface area contributed by atoms with Crippen LogP contribution in [0.5, 0.6) is 11.5 Å². The summed E-state index contributed by atoms with van der Waals surface area (Å²) in [5.74, 6) is 1.97. The minimum Gasteiger partial charge on any atom is -0.510 e. The Morgan fingerprint density at radius 3 is 2.02 bits per heavy atom. The van der Waals surface area contributed by atoms with Crippen molar-refractivity contribution in [2.75, 3.05) is 0 Å². The molecule has 7 nitrogen and oxygen atoms in total. The van der Waals surface area contributed by atoms with Crippen LogP contribution >= 0.6 is 0 Å². The molecular weight excluding hydrogens is 956 g/mol. The summed E-state index contributed by atoms with van der Waals surface area (Å²) in [4.78, 5) is 5.14. The third-order valence-corrected chi connectivity index (χ3v) is 12.2. The smallest absolute Gasteiger partial charge is 0.267 e. The molecule has 0 aliphatic rings. The molecule has 12 rings (SSSR count). The van der Waals surface area contributed by atoms with Crippen LogP contribution in [-0.4, -0.2) is 23.3 Å². The van der Waals surface area contributed by atoms with E-state index in [2.05, 4.69) is 169 Å². The minimum atomic E-state index is -0.102. The second-order valence-electron chi connectivity index (χ2n) is 17.0. The monoisotopic (exact) mass is 995 g/mol. The Hall–Kier alpha value is -7.21. The van der Waals surface area contributed by atoms with Crippen molar-refractivity contribution in [1.29, 1.82) is 0 Å². The van der Waals surface area contributed by atoms with E-state index in [1.165, 1.54) is 32.6 Å². The molecule has 0 unspecified atom stereocenters. The van der Waals surface area contributed by atoms with Crippen LogP contribution in [0.3, 0.4) is 0 Å². The fraction of sp³-hybridized carbons (Fsp3) is 0.0909. The van der Waals surface area contributed by atoms with Crippen LogP contribution in [0, 0.1) is 18.5 Å². The molecule has 0 radical (unpaired) electrons. The van der Waals surface area contributed by atoms with E-state index < -0.39 is 0 Å². The Labute approximate surface area is 378 Å². The van der Waals surface area contributed by atoms with Gasteiger partial charge in [0, 0.05) is 91.0 Å². The van der Waals surface area contributed by atoms with E-state index >= 15 is 0 Å². The van der Waals surface area contributed by atoms with Crippen molar-refractivity contribution in [3.05, 3.63) is 194 Å². The van der Waals surface area contributed by atoms with Gasteiger partial charge in [0.2, 0.25) is 0 Å². The molecule has 0 bridgehead atoms. The average Bonchev–Trinajstić information content (AvgIpc) is 4.08. The van der Waals surface area contributed by atoms with Gasteiger partial charge in [-0.15, -0.1) is 24.3 Å². The molecule has 0 aliphatic carbocycles. The maximum atomic E-state index is 6.70. The van der Waals surface area contributed by atoms with E-state index in [1.54, 1.807) is 0 Å². The molecule has 0 aliphatic heterocycles. The van der Waals surface area contributed by atoms with Crippen LogP contribution < -0.4 is 9.30 Å². The van der Waals surface area contributed by atoms with E-state index in [0.717, 1.165) is 61.2 Å². The second-order valence-corrected chi connectivity index (χ2v) is 17.0. The molecule has 0 saturated heterocycles. The first kappa shape index (κ1) is 38.7. The fourth-order valence-corrected chi connectivity index (χ4v) is 9.39. The van der Waals surface area contributed by atoms with Gasteiger partial charge in [-0.1, -0.05) is 104 Å². The zero-order chi connectivity index (χ0) is 41.7. The topological polar surface area (TPSA) is 45.7 Å². The van der Waals surface area contributed by atoms with Crippen LogP contribution in [-0.2, 0) is 33.5 Å². The number of fused-ring (bicyclic) bond motifs is 12. The number of para-hydroxylation sites is 4. The summed E-state index contributed by atoms with van der Waals surface area (Å²) in [6, 6.07) is 60.2. The summed E-state index contributed by atoms with van der Waals surface area (Å²) in [7, 11) is 2.19. The molecule has 0 atom stereocenters. The van der Waals surface area contributed by atoms with Crippen molar-refractivity contribution >= 4 is 65.4 Å². The van der Waals surface area contributed by atoms with Gasteiger partial charge in [-0.05, 0) is 70.6 Å². The van der Waals surface area contributed by atoms with Gasteiger partial charge in [0.05, 0.1) is 27.8 Å². The summed E-state index contributed by atoms with van der Waals surface area (Å²) in [6.07, 6.45) is 9.31. The number of benzene rings is 7. The third-order valence-electron chi connectivity index (χ3n) is 12.2. The summed E-state index contributed by atoms with van der Waals surface area (Å²) in [6.45, 7) is 6.74. The quantitative estimate of drug-likeness (QED) is 0.123. The molecule has 0 spiro atoms. The molecule has 5 heterocycles. The number of aryl methyl sites for hydroxylation is 1. The van der Waals surface area contributed by atoms with E-state index in [9.17, 15) is 0 Å². The van der Waals surface area contributed by atoms with E-state index in [-0.39, 0.29) is 26.5 Å². The Kier molecular flexibility index (Phi) is 9.04. The molecule has 12 aromatic rings. The van der Waals surface area contributed by atoms with Crippen LogP contribution in [0.25, 0.3) is 88.3 Å². The number of aromatic nitrogens is 6. The first-order chi connectivity index (χ1) is 30.3. The maximum absolute atomic E-state index is 6.70. The number of hydrogen-bond donors (Lipinski definition) is 0. The van der Waals surface area contributed by atoms with Crippen molar-refractivity contribution in [1.82, 2.24) is 23.3 Å². The summed E-state index contributed by atoms with van der Waals surface area (Å²) in [5, 5.41) is 7.03. The molecule has 7 aromatic carbocycles. The van der Waals surface area contributed by atoms with Gasteiger partial charge in [0.15, 0.2) is 0 Å². The first-order valence-corrected chi connectivity index (χ1v) is 21.0. The van der Waals surface area contributed by atoms with Crippen molar-refractivity contribution in [2.45, 2.75) is 26.2 Å². The van der Waals surface area contributed by atoms with Gasteiger partial charge in [0.1, 0.15) is 5.82 Å². The molecule has 8 heteroatoms. The zero-order valence-electron chi connectivity index (χ0n) is 35.1. The number of imidazole rings is 1. The Morgan fingerprint density at radius 1 is 0.587 bits per heavy atom. The number of rotatable bonds is 6. The molecule has 63 heavy (non-hydrogen) atoms. The van der Waals surface area contributed by atoms with Gasteiger partial charge in [-0.3, -0.25) is 4.57 Å². The molecule has 0 amide bonds. The van der Waals surface area contributed by atoms with Crippen molar-refractivity contribution in [3.63, 3.8) is 0 Å². The standard InChI is InChI=1S/C55H40N6O.Pt/c1-55(2,3)36-28-29-56-48(32-36)61-47-34-41(62-40-21-15-20-39(33-40)59-31-30-58(35-59)37-16-7-5-8-17-37)26-27-44(47)51-52-49(50-42-22-11-13-24-45(42)57(4)53(50)54(51)61)43-23-12-14-25-46(43)60(52)38-18-9-6-10-19-38;/h5-32H,1-4H3;/q-2;. The van der Waals surface area contributed by atoms with Crippen LogP contribution in [0.15, 0.2) is 170 Å². The van der Waals surface area contributed by atoms with Crippen molar-refractivity contribution < 1.29 is 30.4 Å². The number of nitrogens with zero attached hydrogens (tertiary/aromatic N) is 6. The maximum Gasteiger partial charge on any atom is 0.267 e. The molecule has 5 aromatic heterocycles. The number of pyridine rings is 1. The van der Waals surface area contributed by atoms with Crippen molar-refractivity contribution in [2.24, 2.45) is 7.05 Å². The van der Waals surface area contributed by atoms with E-state index in [4.69, 9.17) is 9.72 Å². The Morgan fingerprint density at radius 2 is 1.25 bits per heavy atom. The molecule has 0 fully saturated rings. The van der Waals surface area contributed by atoms with Gasteiger partial charge in [-0.25, -0.2) is 4.98 Å². The van der Waals surface area contributed by atoms with Crippen LogP contribution in [0.4, 0.5) is 0 Å². The number of ether oxygens (including phenoxy) is 1. The predicted molar refractivity (Wildman–Crippen MR) is 249 cm³/mol. The summed E-state index contributed by atoms with van der Waals surface area (Å²) in [5.41, 5.74) is 10.6.